The van der Waals surface area contributed by atoms with E-state index in [0.29, 0.717) is 18.1 Å². The molecule has 1 N–H and O–H groups in total. The van der Waals surface area contributed by atoms with Crippen LogP contribution in [0.5, 0.6) is 0 Å². The number of fused-ring (bicyclic) bond motifs is 2. The maximum atomic E-state index is 4.32. The fourth-order valence-electron chi connectivity index (χ4n) is 3.58. The maximum Gasteiger partial charge on any atom is 0.0569 e. The molecule has 98 valence electrons. The molecule has 3 heterocycles. The molecule has 0 radical (unpaired) electrons. The SMILES string of the molecule is CNC1CC2CCCC(C1)N2c1cncc(Br)c1. The topological polar surface area (TPSA) is 28.2 Å². The second-order valence-electron chi connectivity index (χ2n) is 5.46. The van der Waals surface area contributed by atoms with E-state index in [1.807, 2.05) is 12.4 Å². The van der Waals surface area contributed by atoms with Crippen molar-refractivity contribution in [2.75, 3.05) is 11.9 Å². The van der Waals surface area contributed by atoms with Crippen LogP contribution in [0, 0.1) is 0 Å². The highest BCUT2D eigenvalue weighted by Gasteiger charge is 2.37. The number of piperidine rings is 2. The minimum absolute atomic E-state index is 0.686. The third-order valence-corrected chi connectivity index (χ3v) is 4.81. The summed E-state index contributed by atoms with van der Waals surface area (Å²) >= 11 is 3.53. The van der Waals surface area contributed by atoms with E-state index in [2.05, 4.69) is 44.2 Å². The monoisotopic (exact) mass is 309 g/mol. The standard InChI is InChI=1S/C14H20BrN3/c1-16-11-6-12-3-2-4-13(7-11)18(12)14-5-10(15)8-17-9-14/h5,8-9,11-13,16H,2-4,6-7H2,1H3. The van der Waals surface area contributed by atoms with Gasteiger partial charge in [-0.3, -0.25) is 4.98 Å². The smallest absolute Gasteiger partial charge is 0.0569 e. The summed E-state index contributed by atoms with van der Waals surface area (Å²) in [5.74, 6) is 0. The molecule has 1 aromatic heterocycles. The number of rotatable bonds is 2. The van der Waals surface area contributed by atoms with Gasteiger partial charge in [-0.25, -0.2) is 0 Å². The van der Waals surface area contributed by atoms with Crippen molar-refractivity contribution < 1.29 is 0 Å². The van der Waals surface area contributed by atoms with E-state index >= 15 is 0 Å². The van der Waals surface area contributed by atoms with Gasteiger partial charge in [0, 0.05) is 28.8 Å². The lowest BCUT2D eigenvalue weighted by atomic mass is 9.81. The second-order valence-corrected chi connectivity index (χ2v) is 6.38. The Morgan fingerprint density at radius 1 is 1.28 bits per heavy atom. The average Bonchev–Trinajstić information content (AvgIpc) is 2.37. The third kappa shape index (κ3) is 2.28. The van der Waals surface area contributed by atoms with Gasteiger partial charge in [0.25, 0.3) is 0 Å². The lowest BCUT2D eigenvalue weighted by Gasteiger charge is -2.50. The van der Waals surface area contributed by atoms with Crippen LogP contribution in [0.25, 0.3) is 0 Å². The van der Waals surface area contributed by atoms with Crippen molar-refractivity contribution in [1.29, 1.82) is 0 Å². The molecule has 0 amide bonds. The number of pyridine rings is 1. The average molecular weight is 310 g/mol. The van der Waals surface area contributed by atoms with Gasteiger partial charge in [-0.1, -0.05) is 0 Å². The summed E-state index contributed by atoms with van der Waals surface area (Å²) in [6, 6.07) is 4.27. The summed E-state index contributed by atoms with van der Waals surface area (Å²) < 4.78 is 1.08. The zero-order chi connectivity index (χ0) is 12.5. The highest BCUT2D eigenvalue weighted by Crippen LogP contribution is 2.37. The van der Waals surface area contributed by atoms with Crippen molar-refractivity contribution in [2.24, 2.45) is 0 Å². The molecule has 1 aromatic rings. The van der Waals surface area contributed by atoms with Crippen molar-refractivity contribution in [1.82, 2.24) is 10.3 Å². The molecule has 0 saturated carbocycles. The fraction of sp³-hybridized carbons (Fsp3) is 0.643. The Labute approximate surface area is 117 Å². The molecule has 0 aliphatic carbocycles. The quantitative estimate of drug-likeness (QED) is 0.910. The second kappa shape index (κ2) is 5.17. The normalized spacial score (nSPS) is 31.4. The van der Waals surface area contributed by atoms with Crippen molar-refractivity contribution >= 4 is 21.6 Å². The Kier molecular flexibility index (Phi) is 3.57. The fourth-order valence-corrected chi connectivity index (χ4v) is 3.93. The molecule has 2 fully saturated rings. The molecule has 2 saturated heterocycles. The molecule has 3 nitrogen and oxygen atoms in total. The summed E-state index contributed by atoms with van der Waals surface area (Å²) in [5.41, 5.74) is 1.29. The Morgan fingerprint density at radius 2 is 2.00 bits per heavy atom. The van der Waals surface area contributed by atoms with Crippen LogP contribution in [0.4, 0.5) is 5.69 Å². The Hall–Kier alpha value is -0.610. The number of halogens is 1. The van der Waals surface area contributed by atoms with Gasteiger partial charge in [-0.2, -0.15) is 0 Å². The first-order chi connectivity index (χ1) is 8.78. The van der Waals surface area contributed by atoms with Gasteiger partial charge in [-0.15, -0.1) is 0 Å². The summed E-state index contributed by atoms with van der Waals surface area (Å²) in [5, 5.41) is 3.46. The van der Waals surface area contributed by atoms with E-state index in [0.717, 1.165) is 4.47 Å². The van der Waals surface area contributed by atoms with Crippen molar-refractivity contribution in [2.45, 2.75) is 50.2 Å². The van der Waals surface area contributed by atoms with Crippen LogP contribution < -0.4 is 10.2 Å². The first-order valence-electron chi connectivity index (χ1n) is 6.84. The molecule has 2 aliphatic heterocycles. The minimum atomic E-state index is 0.686. The summed E-state index contributed by atoms with van der Waals surface area (Å²) in [6.07, 6.45) is 10.4. The van der Waals surface area contributed by atoms with E-state index in [9.17, 15) is 0 Å². The summed E-state index contributed by atoms with van der Waals surface area (Å²) in [6.45, 7) is 0. The molecule has 2 atom stereocenters. The molecule has 2 bridgehead atoms. The van der Waals surface area contributed by atoms with E-state index in [-0.39, 0.29) is 0 Å². The Bertz CT molecular complexity index is 409. The van der Waals surface area contributed by atoms with E-state index in [1.54, 1.807) is 0 Å². The Balaban J connectivity index is 1.88. The van der Waals surface area contributed by atoms with Gasteiger partial charge >= 0.3 is 0 Å². The first kappa shape index (κ1) is 12.4. The van der Waals surface area contributed by atoms with Crippen LogP contribution >= 0.6 is 15.9 Å². The van der Waals surface area contributed by atoms with E-state index in [4.69, 9.17) is 0 Å². The number of hydrogen-bond donors (Lipinski definition) is 1. The number of anilines is 1. The lowest BCUT2D eigenvalue weighted by molar-refractivity contribution is 0.252. The molecular formula is C14H20BrN3. The van der Waals surface area contributed by atoms with Crippen LogP contribution in [-0.4, -0.2) is 30.2 Å². The van der Waals surface area contributed by atoms with Crippen LogP contribution in [0.1, 0.15) is 32.1 Å². The highest BCUT2D eigenvalue weighted by molar-refractivity contribution is 9.10. The van der Waals surface area contributed by atoms with Gasteiger partial charge < -0.3 is 10.2 Å². The van der Waals surface area contributed by atoms with Gasteiger partial charge in [0.15, 0.2) is 0 Å². The molecule has 4 heteroatoms. The molecule has 2 aliphatic rings. The number of hydrogen-bond acceptors (Lipinski definition) is 3. The third-order valence-electron chi connectivity index (χ3n) is 4.37. The van der Waals surface area contributed by atoms with Crippen LogP contribution in [0.3, 0.4) is 0 Å². The van der Waals surface area contributed by atoms with Crippen LogP contribution in [0.15, 0.2) is 22.9 Å². The Morgan fingerprint density at radius 3 is 2.61 bits per heavy atom. The highest BCUT2D eigenvalue weighted by atomic mass is 79.9. The van der Waals surface area contributed by atoms with Crippen LogP contribution in [-0.2, 0) is 0 Å². The van der Waals surface area contributed by atoms with Crippen LogP contribution in [0.2, 0.25) is 0 Å². The van der Waals surface area contributed by atoms with Gasteiger partial charge in [0.1, 0.15) is 0 Å². The van der Waals surface area contributed by atoms with Crippen molar-refractivity contribution in [3.63, 3.8) is 0 Å². The lowest BCUT2D eigenvalue weighted by Crippen LogP contribution is -2.56. The number of nitrogens with one attached hydrogen (secondary N) is 1. The molecule has 2 unspecified atom stereocenters. The van der Waals surface area contributed by atoms with Crippen molar-refractivity contribution in [3.05, 3.63) is 22.9 Å². The predicted molar refractivity (Wildman–Crippen MR) is 77.9 cm³/mol. The van der Waals surface area contributed by atoms with Crippen molar-refractivity contribution in [3.8, 4) is 0 Å². The van der Waals surface area contributed by atoms with Gasteiger partial charge in [0.05, 0.1) is 11.9 Å². The van der Waals surface area contributed by atoms with Gasteiger partial charge in [-0.05, 0) is 61.1 Å². The molecular weight excluding hydrogens is 290 g/mol. The number of aromatic nitrogens is 1. The zero-order valence-corrected chi connectivity index (χ0v) is 12.4. The summed E-state index contributed by atoms with van der Waals surface area (Å²) in [7, 11) is 2.09. The van der Waals surface area contributed by atoms with E-state index < -0.39 is 0 Å². The minimum Gasteiger partial charge on any atom is -0.364 e. The summed E-state index contributed by atoms with van der Waals surface area (Å²) in [4.78, 5) is 6.94. The molecule has 0 aromatic carbocycles. The number of nitrogens with zero attached hydrogens (tertiary/aromatic N) is 2. The molecule has 3 rings (SSSR count). The molecule has 0 spiro atoms. The zero-order valence-electron chi connectivity index (χ0n) is 10.8. The largest absolute Gasteiger partial charge is 0.364 e. The maximum absolute atomic E-state index is 4.32. The van der Waals surface area contributed by atoms with Gasteiger partial charge in [0.2, 0.25) is 0 Å². The van der Waals surface area contributed by atoms with E-state index in [1.165, 1.54) is 37.8 Å². The predicted octanol–water partition coefficient (Wildman–Crippen LogP) is 2.95. The molecule has 18 heavy (non-hydrogen) atoms. The first-order valence-corrected chi connectivity index (χ1v) is 7.63.